The van der Waals surface area contributed by atoms with Crippen LogP contribution in [-0.4, -0.2) is 41.1 Å². The highest BCUT2D eigenvalue weighted by Gasteiger charge is 2.23. The molecule has 0 aliphatic heterocycles. The molecule has 5 N–H and O–H groups in total. The van der Waals surface area contributed by atoms with Crippen molar-refractivity contribution in [3.05, 3.63) is 66.0 Å². The van der Waals surface area contributed by atoms with Gasteiger partial charge in [0, 0.05) is 29.5 Å². The van der Waals surface area contributed by atoms with Crippen molar-refractivity contribution in [2.75, 3.05) is 19.5 Å². The molecular weight excluding hydrogens is 456 g/mol. The molecule has 9 nitrogen and oxygen atoms in total. The molecule has 1 amide bonds. The minimum Gasteiger partial charge on any atom is -0.480 e. The lowest BCUT2D eigenvalue weighted by atomic mass is 9.97. The number of hydrogen-bond donors (Lipinski definition) is 3. The van der Waals surface area contributed by atoms with Gasteiger partial charge in [-0.15, -0.1) is 0 Å². The van der Waals surface area contributed by atoms with Crippen LogP contribution in [0.25, 0.3) is 22.0 Å². The molecule has 0 spiro atoms. The summed E-state index contributed by atoms with van der Waals surface area (Å²) < 4.78 is 10.5. The number of amides is 1. The summed E-state index contributed by atoms with van der Waals surface area (Å²) in [7, 11) is 3.04. The number of ether oxygens (including phenoxy) is 2. The van der Waals surface area contributed by atoms with E-state index in [1.54, 1.807) is 13.3 Å². The van der Waals surface area contributed by atoms with Crippen LogP contribution >= 0.6 is 0 Å². The highest BCUT2D eigenvalue weighted by atomic mass is 16.5. The third-order valence-corrected chi connectivity index (χ3v) is 6.65. The minimum atomic E-state index is -0.556. The second kappa shape index (κ2) is 9.79. The summed E-state index contributed by atoms with van der Waals surface area (Å²) in [6.45, 7) is 0. The van der Waals surface area contributed by atoms with Gasteiger partial charge < -0.3 is 26.3 Å². The summed E-state index contributed by atoms with van der Waals surface area (Å²) in [4.78, 5) is 25.3. The van der Waals surface area contributed by atoms with Crippen molar-refractivity contribution in [3.8, 4) is 23.0 Å². The first-order valence-electron chi connectivity index (χ1n) is 11.8. The first-order chi connectivity index (χ1) is 17.5. The zero-order valence-corrected chi connectivity index (χ0v) is 20.2. The fourth-order valence-corrected chi connectivity index (χ4v) is 4.82. The van der Waals surface area contributed by atoms with Crippen molar-refractivity contribution in [1.29, 1.82) is 0 Å². The van der Waals surface area contributed by atoms with Crippen LogP contribution in [0.5, 0.6) is 11.9 Å². The molecule has 2 aromatic carbocycles. The van der Waals surface area contributed by atoms with Gasteiger partial charge in [0.25, 0.3) is 5.91 Å². The van der Waals surface area contributed by atoms with Crippen LogP contribution in [0.3, 0.4) is 0 Å². The Balaban J connectivity index is 1.55. The fourth-order valence-electron chi connectivity index (χ4n) is 4.82. The molecule has 184 valence electrons. The van der Waals surface area contributed by atoms with E-state index in [2.05, 4.69) is 32.4 Å². The molecular formula is C27H28N6O3. The predicted molar refractivity (Wildman–Crippen MR) is 139 cm³/mol. The first-order valence-corrected chi connectivity index (χ1v) is 11.8. The van der Waals surface area contributed by atoms with Gasteiger partial charge in [0.05, 0.1) is 36.6 Å². The van der Waals surface area contributed by atoms with E-state index in [1.807, 2.05) is 30.3 Å². The van der Waals surface area contributed by atoms with Gasteiger partial charge in [-0.2, -0.15) is 4.98 Å². The Labute approximate surface area is 208 Å². The highest BCUT2D eigenvalue weighted by molar-refractivity contribution is 6.08. The summed E-state index contributed by atoms with van der Waals surface area (Å²) in [5.74, 6) is 0.270. The summed E-state index contributed by atoms with van der Waals surface area (Å²) in [6, 6.07) is 14.4. The Kier molecular flexibility index (Phi) is 6.39. The predicted octanol–water partition coefficient (Wildman–Crippen LogP) is 4.15. The number of hydrogen-bond acceptors (Lipinski definition) is 8. The SMILES string of the molecule is COc1ncc(-c2ccc3c(Nc4cccc(C5CCC(N)C5)c4)c(C(N)=O)cnc3c2)c(OC)n1. The molecule has 1 fully saturated rings. The van der Waals surface area contributed by atoms with Gasteiger partial charge in [-0.1, -0.05) is 24.3 Å². The quantitative estimate of drug-likeness (QED) is 0.356. The Morgan fingerprint density at radius 1 is 1.06 bits per heavy atom. The monoisotopic (exact) mass is 484 g/mol. The number of anilines is 2. The van der Waals surface area contributed by atoms with Crippen LogP contribution in [0.2, 0.25) is 0 Å². The van der Waals surface area contributed by atoms with E-state index >= 15 is 0 Å². The lowest BCUT2D eigenvalue weighted by Crippen LogP contribution is -2.14. The molecule has 36 heavy (non-hydrogen) atoms. The average molecular weight is 485 g/mol. The van der Waals surface area contributed by atoms with Crippen LogP contribution < -0.4 is 26.3 Å². The van der Waals surface area contributed by atoms with E-state index in [4.69, 9.17) is 20.9 Å². The molecule has 0 saturated heterocycles. The molecule has 2 aromatic heterocycles. The zero-order valence-electron chi connectivity index (χ0n) is 20.2. The molecule has 0 bridgehead atoms. The summed E-state index contributed by atoms with van der Waals surface area (Å²) in [5.41, 5.74) is 17.1. The molecule has 2 unspecified atom stereocenters. The number of nitrogens with zero attached hydrogens (tertiary/aromatic N) is 3. The van der Waals surface area contributed by atoms with Gasteiger partial charge >= 0.3 is 6.01 Å². The van der Waals surface area contributed by atoms with Crippen molar-refractivity contribution in [1.82, 2.24) is 15.0 Å². The van der Waals surface area contributed by atoms with Gasteiger partial charge in [0.1, 0.15) is 0 Å². The number of nitrogens with two attached hydrogens (primary N) is 2. The lowest BCUT2D eigenvalue weighted by molar-refractivity contribution is 0.100. The molecule has 2 atom stereocenters. The third kappa shape index (κ3) is 4.52. The Hall–Kier alpha value is -4.24. The van der Waals surface area contributed by atoms with Crippen molar-refractivity contribution in [3.63, 3.8) is 0 Å². The Morgan fingerprint density at radius 3 is 2.64 bits per heavy atom. The summed E-state index contributed by atoms with van der Waals surface area (Å²) >= 11 is 0. The van der Waals surface area contributed by atoms with Gasteiger partial charge in [-0.3, -0.25) is 9.78 Å². The summed E-state index contributed by atoms with van der Waals surface area (Å²) in [5, 5.41) is 4.19. The van der Waals surface area contributed by atoms with Gasteiger partial charge in [0.2, 0.25) is 5.88 Å². The van der Waals surface area contributed by atoms with E-state index in [9.17, 15) is 4.79 Å². The number of rotatable bonds is 7. The maximum atomic E-state index is 12.3. The number of fused-ring (bicyclic) bond motifs is 1. The molecule has 4 aromatic rings. The van der Waals surface area contributed by atoms with Gasteiger partial charge in [-0.25, -0.2) is 4.98 Å². The molecule has 9 heteroatoms. The van der Waals surface area contributed by atoms with Crippen LogP contribution in [0.4, 0.5) is 11.4 Å². The largest absolute Gasteiger partial charge is 0.480 e. The number of pyridine rings is 1. The number of nitrogens with one attached hydrogen (secondary N) is 1. The van der Waals surface area contributed by atoms with Crippen molar-refractivity contribution >= 4 is 28.2 Å². The Morgan fingerprint density at radius 2 is 1.92 bits per heavy atom. The number of primary amides is 1. The van der Waals surface area contributed by atoms with E-state index in [-0.39, 0.29) is 12.1 Å². The molecule has 1 saturated carbocycles. The number of methoxy groups -OCH3 is 2. The van der Waals surface area contributed by atoms with Gasteiger partial charge in [-0.05, 0) is 54.5 Å². The van der Waals surface area contributed by atoms with Crippen LogP contribution in [0, 0.1) is 0 Å². The van der Waals surface area contributed by atoms with E-state index in [1.165, 1.54) is 18.9 Å². The van der Waals surface area contributed by atoms with E-state index in [0.717, 1.165) is 35.9 Å². The van der Waals surface area contributed by atoms with Gasteiger partial charge in [0.15, 0.2) is 0 Å². The standard InChI is InChI=1S/C27H28N6O3/c1-35-26-21(13-31-27(33-26)36-2)17-7-9-20-23(12-17)30-14-22(25(29)34)24(20)32-19-5-3-4-15(11-19)16-6-8-18(28)10-16/h3-5,7,9,11-14,16,18H,6,8,10,28H2,1-2H3,(H2,29,34)(H,30,32). The van der Waals surface area contributed by atoms with Crippen molar-refractivity contribution in [2.45, 2.75) is 31.2 Å². The Bertz CT molecular complexity index is 1440. The lowest BCUT2D eigenvalue weighted by Gasteiger charge is -2.16. The number of aromatic nitrogens is 3. The van der Waals surface area contributed by atoms with Crippen LogP contribution in [0.15, 0.2) is 54.9 Å². The third-order valence-electron chi connectivity index (χ3n) is 6.65. The average Bonchev–Trinajstić information content (AvgIpc) is 3.34. The fraction of sp³-hybridized carbons (Fsp3) is 0.259. The zero-order chi connectivity index (χ0) is 25.2. The molecule has 1 aliphatic carbocycles. The minimum absolute atomic E-state index is 0.217. The topological polar surface area (TPSA) is 138 Å². The second-order valence-electron chi connectivity index (χ2n) is 8.94. The smallest absolute Gasteiger partial charge is 0.319 e. The number of carbonyl (C=O) groups is 1. The van der Waals surface area contributed by atoms with Crippen molar-refractivity contribution < 1.29 is 14.3 Å². The molecule has 0 radical (unpaired) electrons. The van der Waals surface area contributed by atoms with Crippen LogP contribution in [-0.2, 0) is 0 Å². The molecule has 1 aliphatic rings. The molecule has 2 heterocycles. The normalized spacial score (nSPS) is 17.2. The number of benzene rings is 2. The first kappa shape index (κ1) is 23.5. The maximum Gasteiger partial charge on any atom is 0.319 e. The second-order valence-corrected chi connectivity index (χ2v) is 8.94. The summed E-state index contributed by atoms with van der Waals surface area (Å²) in [6.07, 6.45) is 6.24. The number of carbonyl (C=O) groups excluding carboxylic acids is 1. The van der Waals surface area contributed by atoms with E-state index in [0.29, 0.717) is 34.1 Å². The molecule has 5 rings (SSSR count). The van der Waals surface area contributed by atoms with Crippen molar-refractivity contribution in [2.24, 2.45) is 11.5 Å². The highest BCUT2D eigenvalue weighted by Crippen LogP contribution is 2.37. The van der Waals surface area contributed by atoms with Crippen LogP contribution in [0.1, 0.15) is 41.1 Å². The maximum absolute atomic E-state index is 12.3. The van der Waals surface area contributed by atoms with E-state index < -0.39 is 5.91 Å².